The second-order valence-electron chi connectivity index (χ2n) is 4.52. The van der Waals surface area contributed by atoms with Gasteiger partial charge in [0.25, 0.3) is 0 Å². The van der Waals surface area contributed by atoms with Gasteiger partial charge in [0, 0.05) is 6.54 Å². The summed E-state index contributed by atoms with van der Waals surface area (Å²) in [4.78, 5) is 0. The summed E-state index contributed by atoms with van der Waals surface area (Å²) in [6, 6.07) is 4.93. The molecule has 3 rings (SSSR count). The summed E-state index contributed by atoms with van der Waals surface area (Å²) in [6.07, 6.45) is 6.63. The standard InChI is InChI=1S/C13H17N.ClH/c1-2-4-11-8-13-9-14-6-5-12(13)7-10(11)3-1;/h7-8,14H,1-6,9H2;1H. The Balaban J connectivity index is 0.000000853. The molecular formula is C13H18ClN. The van der Waals surface area contributed by atoms with Gasteiger partial charge in [-0.05, 0) is 60.9 Å². The molecule has 0 atom stereocenters. The first-order valence-corrected chi connectivity index (χ1v) is 5.78. The molecule has 2 heteroatoms. The Morgan fingerprint density at radius 1 is 0.800 bits per heavy atom. The van der Waals surface area contributed by atoms with Crippen molar-refractivity contribution < 1.29 is 0 Å². The summed E-state index contributed by atoms with van der Waals surface area (Å²) in [5.41, 5.74) is 6.41. The Labute approximate surface area is 97.7 Å². The molecule has 0 aromatic heterocycles. The molecular weight excluding hydrogens is 206 g/mol. The van der Waals surface area contributed by atoms with E-state index in [1.54, 1.807) is 22.3 Å². The van der Waals surface area contributed by atoms with Gasteiger partial charge in [-0.15, -0.1) is 12.4 Å². The number of hydrogen-bond acceptors (Lipinski definition) is 1. The van der Waals surface area contributed by atoms with Gasteiger partial charge in [-0.3, -0.25) is 0 Å². The van der Waals surface area contributed by atoms with E-state index in [0.717, 1.165) is 13.1 Å². The van der Waals surface area contributed by atoms with Crippen LogP contribution in [0.15, 0.2) is 12.1 Å². The molecule has 0 spiro atoms. The maximum atomic E-state index is 3.45. The molecule has 1 N–H and O–H groups in total. The van der Waals surface area contributed by atoms with Crippen molar-refractivity contribution >= 4 is 12.4 Å². The van der Waals surface area contributed by atoms with Gasteiger partial charge in [0.1, 0.15) is 0 Å². The lowest BCUT2D eigenvalue weighted by molar-refractivity contribution is 0.631. The van der Waals surface area contributed by atoms with Gasteiger partial charge >= 0.3 is 0 Å². The minimum absolute atomic E-state index is 0. The van der Waals surface area contributed by atoms with Crippen LogP contribution in [0.5, 0.6) is 0 Å². The fraction of sp³-hybridized carbons (Fsp3) is 0.538. The van der Waals surface area contributed by atoms with E-state index in [0.29, 0.717) is 0 Å². The van der Waals surface area contributed by atoms with Crippen molar-refractivity contribution in [1.82, 2.24) is 5.32 Å². The van der Waals surface area contributed by atoms with Gasteiger partial charge in [-0.25, -0.2) is 0 Å². The molecule has 15 heavy (non-hydrogen) atoms. The Morgan fingerprint density at radius 2 is 1.40 bits per heavy atom. The van der Waals surface area contributed by atoms with Crippen molar-refractivity contribution in [2.24, 2.45) is 0 Å². The first-order chi connectivity index (χ1) is 6.93. The maximum Gasteiger partial charge on any atom is 0.0208 e. The molecule has 0 fully saturated rings. The predicted octanol–water partition coefficient (Wildman–Crippen LogP) is 2.63. The third kappa shape index (κ3) is 2.04. The van der Waals surface area contributed by atoms with Gasteiger partial charge in [-0.2, -0.15) is 0 Å². The molecule has 1 heterocycles. The molecule has 0 amide bonds. The molecule has 1 aliphatic carbocycles. The highest BCUT2D eigenvalue weighted by Gasteiger charge is 2.14. The fourth-order valence-corrected chi connectivity index (χ4v) is 2.73. The van der Waals surface area contributed by atoms with Crippen LogP contribution in [0.2, 0.25) is 0 Å². The zero-order valence-electron chi connectivity index (χ0n) is 9.01. The molecule has 1 aliphatic heterocycles. The molecule has 1 aromatic rings. The van der Waals surface area contributed by atoms with Crippen molar-refractivity contribution in [1.29, 1.82) is 0 Å². The normalized spacial score (nSPS) is 18.7. The average Bonchev–Trinajstić information content (AvgIpc) is 2.26. The van der Waals surface area contributed by atoms with Crippen LogP contribution in [0.1, 0.15) is 35.1 Å². The lowest BCUT2D eigenvalue weighted by Gasteiger charge is -2.23. The van der Waals surface area contributed by atoms with Gasteiger partial charge in [0.05, 0.1) is 0 Å². The molecule has 0 unspecified atom stereocenters. The van der Waals surface area contributed by atoms with Crippen molar-refractivity contribution in [2.75, 3.05) is 6.54 Å². The topological polar surface area (TPSA) is 12.0 Å². The van der Waals surface area contributed by atoms with Crippen LogP contribution in [0.4, 0.5) is 0 Å². The minimum atomic E-state index is 0. The number of benzene rings is 1. The van der Waals surface area contributed by atoms with Crippen molar-refractivity contribution in [3.05, 3.63) is 34.4 Å². The predicted molar refractivity (Wildman–Crippen MR) is 65.7 cm³/mol. The molecule has 0 radical (unpaired) electrons. The molecule has 0 saturated carbocycles. The van der Waals surface area contributed by atoms with Crippen LogP contribution in [0.25, 0.3) is 0 Å². The average molecular weight is 224 g/mol. The van der Waals surface area contributed by atoms with E-state index in [1.807, 2.05) is 0 Å². The molecule has 0 saturated heterocycles. The number of nitrogens with one attached hydrogen (secondary N) is 1. The summed E-state index contributed by atoms with van der Waals surface area (Å²) >= 11 is 0. The molecule has 0 bridgehead atoms. The van der Waals surface area contributed by atoms with Crippen LogP contribution < -0.4 is 5.32 Å². The van der Waals surface area contributed by atoms with Gasteiger partial charge < -0.3 is 5.32 Å². The molecule has 82 valence electrons. The lowest BCUT2D eigenvalue weighted by atomic mass is 9.86. The molecule has 1 nitrogen and oxygen atoms in total. The van der Waals surface area contributed by atoms with E-state index in [4.69, 9.17) is 0 Å². The zero-order chi connectivity index (χ0) is 9.38. The van der Waals surface area contributed by atoms with E-state index in [-0.39, 0.29) is 12.4 Å². The van der Waals surface area contributed by atoms with Crippen LogP contribution in [-0.2, 0) is 25.8 Å². The highest BCUT2D eigenvalue weighted by molar-refractivity contribution is 5.85. The largest absolute Gasteiger partial charge is 0.312 e. The lowest BCUT2D eigenvalue weighted by Crippen LogP contribution is -2.24. The Morgan fingerprint density at radius 3 is 2.13 bits per heavy atom. The Bertz CT molecular complexity index is 294. The summed E-state index contributed by atoms with van der Waals surface area (Å²) in [6.45, 7) is 2.24. The second-order valence-corrected chi connectivity index (χ2v) is 4.52. The van der Waals surface area contributed by atoms with Crippen molar-refractivity contribution in [3.63, 3.8) is 0 Å². The monoisotopic (exact) mass is 223 g/mol. The third-order valence-corrected chi connectivity index (χ3v) is 3.55. The number of fused-ring (bicyclic) bond motifs is 2. The van der Waals surface area contributed by atoms with Gasteiger partial charge in [0.15, 0.2) is 0 Å². The molecule has 1 aromatic carbocycles. The third-order valence-electron chi connectivity index (χ3n) is 3.55. The van der Waals surface area contributed by atoms with Crippen LogP contribution >= 0.6 is 12.4 Å². The minimum Gasteiger partial charge on any atom is -0.312 e. The highest BCUT2D eigenvalue weighted by Crippen LogP contribution is 2.26. The number of rotatable bonds is 0. The molecule has 2 aliphatic rings. The van der Waals surface area contributed by atoms with Crippen LogP contribution in [0, 0.1) is 0 Å². The SMILES string of the molecule is Cl.c1c2c(cc3c1CCNC3)CCCC2. The Hall–Kier alpha value is -0.530. The Kier molecular flexibility index (Phi) is 3.32. The number of hydrogen-bond donors (Lipinski definition) is 1. The maximum absolute atomic E-state index is 3.45. The van der Waals surface area contributed by atoms with E-state index >= 15 is 0 Å². The summed E-state index contributed by atoms with van der Waals surface area (Å²) in [5.74, 6) is 0. The second kappa shape index (κ2) is 4.54. The van der Waals surface area contributed by atoms with E-state index in [9.17, 15) is 0 Å². The van der Waals surface area contributed by atoms with E-state index < -0.39 is 0 Å². The quantitative estimate of drug-likeness (QED) is 0.713. The summed E-state index contributed by atoms with van der Waals surface area (Å²) < 4.78 is 0. The fourth-order valence-electron chi connectivity index (χ4n) is 2.73. The first-order valence-electron chi connectivity index (χ1n) is 5.78. The first kappa shape index (κ1) is 11.0. The summed E-state index contributed by atoms with van der Waals surface area (Å²) in [5, 5.41) is 3.45. The van der Waals surface area contributed by atoms with E-state index in [2.05, 4.69) is 17.4 Å². The van der Waals surface area contributed by atoms with Crippen molar-refractivity contribution in [3.8, 4) is 0 Å². The van der Waals surface area contributed by atoms with Crippen molar-refractivity contribution in [2.45, 2.75) is 38.6 Å². The smallest absolute Gasteiger partial charge is 0.0208 e. The number of halogens is 1. The van der Waals surface area contributed by atoms with Crippen LogP contribution in [0.3, 0.4) is 0 Å². The van der Waals surface area contributed by atoms with Gasteiger partial charge in [0.2, 0.25) is 0 Å². The zero-order valence-corrected chi connectivity index (χ0v) is 9.83. The van der Waals surface area contributed by atoms with Crippen LogP contribution in [-0.4, -0.2) is 6.54 Å². The highest BCUT2D eigenvalue weighted by atomic mass is 35.5. The summed E-state index contributed by atoms with van der Waals surface area (Å²) in [7, 11) is 0. The number of aryl methyl sites for hydroxylation is 2. The van der Waals surface area contributed by atoms with E-state index in [1.165, 1.54) is 32.1 Å². The van der Waals surface area contributed by atoms with Gasteiger partial charge in [-0.1, -0.05) is 12.1 Å².